The zero-order valence-corrected chi connectivity index (χ0v) is 11.4. The largest absolute Gasteiger partial charge is 0.354 e. The fourth-order valence-corrected chi connectivity index (χ4v) is 1.66. The molecule has 0 aliphatic carbocycles. The Labute approximate surface area is 108 Å². The van der Waals surface area contributed by atoms with Crippen LogP contribution in [0.25, 0.3) is 0 Å². The van der Waals surface area contributed by atoms with Crippen LogP contribution in [0.15, 0.2) is 6.20 Å². The lowest BCUT2D eigenvalue weighted by Crippen LogP contribution is -2.30. The van der Waals surface area contributed by atoms with Crippen LogP contribution in [0.5, 0.6) is 0 Å². The van der Waals surface area contributed by atoms with Gasteiger partial charge in [0.1, 0.15) is 0 Å². The maximum Gasteiger partial charge on any atom is 0.222 e. The maximum absolute atomic E-state index is 11.5. The Hall–Kier alpha value is -1.43. The van der Waals surface area contributed by atoms with Crippen LogP contribution in [0.1, 0.15) is 51.8 Å². The highest BCUT2D eigenvalue weighted by atomic mass is 16.1. The van der Waals surface area contributed by atoms with E-state index in [0.717, 1.165) is 18.5 Å². The first-order valence-corrected chi connectivity index (χ1v) is 6.48. The van der Waals surface area contributed by atoms with Crippen molar-refractivity contribution in [1.82, 2.24) is 20.3 Å². The van der Waals surface area contributed by atoms with Gasteiger partial charge in [-0.25, -0.2) is 0 Å². The molecule has 1 aromatic rings. The van der Waals surface area contributed by atoms with Gasteiger partial charge in [0.25, 0.3) is 0 Å². The fourth-order valence-electron chi connectivity index (χ4n) is 1.66. The number of rotatable bonds is 7. The van der Waals surface area contributed by atoms with Crippen molar-refractivity contribution in [1.29, 1.82) is 0 Å². The van der Waals surface area contributed by atoms with Crippen molar-refractivity contribution in [3.63, 3.8) is 0 Å². The first kappa shape index (κ1) is 14.6. The number of carbonyl (C=O) groups excluding carboxylic acids is 1. The molecule has 1 rings (SSSR count). The van der Waals surface area contributed by atoms with E-state index in [1.54, 1.807) is 4.68 Å². The van der Waals surface area contributed by atoms with E-state index < -0.39 is 0 Å². The van der Waals surface area contributed by atoms with Gasteiger partial charge in [-0.05, 0) is 20.3 Å². The second kappa shape index (κ2) is 7.10. The molecule has 0 bridgehead atoms. The lowest BCUT2D eigenvalue weighted by atomic mass is 10.1. The third-order valence-corrected chi connectivity index (χ3v) is 2.55. The highest BCUT2D eigenvalue weighted by molar-refractivity contribution is 5.76. The molecule has 6 nitrogen and oxygen atoms in total. The highest BCUT2D eigenvalue weighted by Gasteiger charge is 2.10. The summed E-state index contributed by atoms with van der Waals surface area (Å²) in [5.41, 5.74) is 6.74. The molecule has 0 radical (unpaired) electrons. The minimum Gasteiger partial charge on any atom is -0.354 e. The summed E-state index contributed by atoms with van der Waals surface area (Å²) in [6.07, 6.45) is 4.14. The fraction of sp³-hybridized carbons (Fsp3) is 0.750. The molecular formula is C12H23N5O. The quantitative estimate of drug-likeness (QED) is 0.759. The first-order chi connectivity index (χ1) is 8.52. The predicted octanol–water partition coefficient (Wildman–Crippen LogP) is 0.993. The summed E-state index contributed by atoms with van der Waals surface area (Å²) in [4.78, 5) is 11.5. The van der Waals surface area contributed by atoms with E-state index in [4.69, 9.17) is 5.73 Å². The molecular weight excluding hydrogens is 230 g/mol. The summed E-state index contributed by atoms with van der Waals surface area (Å²) >= 11 is 0. The van der Waals surface area contributed by atoms with Gasteiger partial charge in [-0.2, -0.15) is 0 Å². The van der Waals surface area contributed by atoms with Crippen LogP contribution >= 0.6 is 0 Å². The number of hydrogen-bond donors (Lipinski definition) is 2. The maximum atomic E-state index is 11.5. The number of aryl methyl sites for hydroxylation is 1. The second-order valence-corrected chi connectivity index (χ2v) is 4.77. The van der Waals surface area contributed by atoms with Crippen LogP contribution in [-0.4, -0.2) is 26.9 Å². The molecule has 1 unspecified atom stereocenters. The number of aromatic nitrogens is 3. The van der Waals surface area contributed by atoms with Crippen LogP contribution < -0.4 is 11.1 Å². The second-order valence-electron chi connectivity index (χ2n) is 4.77. The van der Waals surface area contributed by atoms with Crippen molar-refractivity contribution in [2.45, 2.75) is 58.7 Å². The van der Waals surface area contributed by atoms with E-state index >= 15 is 0 Å². The Morgan fingerprint density at radius 1 is 1.56 bits per heavy atom. The minimum atomic E-state index is -0.0618. The van der Waals surface area contributed by atoms with Gasteiger partial charge in [0.05, 0.1) is 24.5 Å². The lowest BCUT2D eigenvalue weighted by Gasteiger charge is -2.07. The van der Waals surface area contributed by atoms with Gasteiger partial charge in [0.2, 0.25) is 5.91 Å². The van der Waals surface area contributed by atoms with Crippen molar-refractivity contribution >= 4 is 5.91 Å². The molecule has 3 N–H and O–H groups in total. The van der Waals surface area contributed by atoms with E-state index in [0.29, 0.717) is 13.0 Å². The van der Waals surface area contributed by atoms with Crippen molar-refractivity contribution < 1.29 is 4.79 Å². The van der Waals surface area contributed by atoms with E-state index in [-0.39, 0.29) is 18.0 Å². The van der Waals surface area contributed by atoms with Crippen molar-refractivity contribution in [3.8, 4) is 0 Å². The minimum absolute atomic E-state index is 0.0277. The van der Waals surface area contributed by atoms with Crippen molar-refractivity contribution in [2.24, 2.45) is 5.73 Å². The Morgan fingerprint density at radius 3 is 2.89 bits per heavy atom. The topological polar surface area (TPSA) is 85.8 Å². The number of nitrogens with one attached hydrogen (secondary N) is 1. The molecule has 0 aromatic carbocycles. The van der Waals surface area contributed by atoms with Crippen LogP contribution in [0, 0.1) is 0 Å². The van der Waals surface area contributed by atoms with Gasteiger partial charge in [-0.3, -0.25) is 9.48 Å². The van der Waals surface area contributed by atoms with Gasteiger partial charge in [0.15, 0.2) is 0 Å². The molecule has 0 aliphatic rings. The third-order valence-electron chi connectivity index (χ3n) is 2.55. The Bertz CT molecular complexity index is 374. The molecule has 0 aliphatic heterocycles. The lowest BCUT2D eigenvalue weighted by molar-refractivity contribution is -0.121. The average molecular weight is 253 g/mol. The SMILES string of the molecule is CCCC(N)c1cn(CCC(=O)NC(C)C)nn1. The van der Waals surface area contributed by atoms with E-state index in [2.05, 4.69) is 22.6 Å². The molecule has 102 valence electrons. The smallest absolute Gasteiger partial charge is 0.222 e. The van der Waals surface area contributed by atoms with Gasteiger partial charge in [-0.1, -0.05) is 18.6 Å². The van der Waals surface area contributed by atoms with Gasteiger partial charge >= 0.3 is 0 Å². The summed E-state index contributed by atoms with van der Waals surface area (Å²) in [7, 11) is 0. The standard InChI is InChI=1S/C12H23N5O/c1-4-5-10(13)11-8-17(16-15-11)7-6-12(18)14-9(2)3/h8-10H,4-7,13H2,1-3H3,(H,14,18). The molecule has 0 saturated heterocycles. The van der Waals surface area contributed by atoms with Crippen LogP contribution in [-0.2, 0) is 11.3 Å². The molecule has 6 heteroatoms. The summed E-state index contributed by atoms with van der Waals surface area (Å²) in [5.74, 6) is 0.0277. The summed E-state index contributed by atoms with van der Waals surface area (Å²) in [5, 5.41) is 10.8. The molecule has 1 heterocycles. The molecule has 0 fully saturated rings. The number of nitrogens with zero attached hydrogens (tertiary/aromatic N) is 3. The van der Waals surface area contributed by atoms with E-state index in [9.17, 15) is 4.79 Å². The van der Waals surface area contributed by atoms with Crippen molar-refractivity contribution in [3.05, 3.63) is 11.9 Å². The van der Waals surface area contributed by atoms with Crippen LogP contribution in [0.3, 0.4) is 0 Å². The summed E-state index contributed by atoms with van der Waals surface area (Å²) in [6, 6.07) is 0.107. The number of carbonyl (C=O) groups is 1. The van der Waals surface area contributed by atoms with Crippen LogP contribution in [0.2, 0.25) is 0 Å². The summed E-state index contributed by atoms with van der Waals surface area (Å²) in [6.45, 7) is 6.50. The molecule has 1 atom stereocenters. The highest BCUT2D eigenvalue weighted by Crippen LogP contribution is 2.11. The first-order valence-electron chi connectivity index (χ1n) is 6.48. The summed E-state index contributed by atoms with van der Waals surface area (Å²) < 4.78 is 1.67. The molecule has 18 heavy (non-hydrogen) atoms. The molecule has 1 amide bonds. The van der Waals surface area contributed by atoms with Gasteiger partial charge in [0, 0.05) is 12.5 Å². The zero-order chi connectivity index (χ0) is 13.5. The third kappa shape index (κ3) is 4.83. The molecule has 0 saturated carbocycles. The van der Waals surface area contributed by atoms with Crippen LogP contribution in [0.4, 0.5) is 0 Å². The number of hydrogen-bond acceptors (Lipinski definition) is 4. The number of amides is 1. The Morgan fingerprint density at radius 2 is 2.28 bits per heavy atom. The number of nitrogens with two attached hydrogens (primary N) is 1. The average Bonchev–Trinajstić information content (AvgIpc) is 2.74. The molecule has 0 spiro atoms. The van der Waals surface area contributed by atoms with E-state index in [1.807, 2.05) is 20.0 Å². The monoisotopic (exact) mass is 253 g/mol. The van der Waals surface area contributed by atoms with Gasteiger partial charge < -0.3 is 11.1 Å². The van der Waals surface area contributed by atoms with Crippen molar-refractivity contribution in [2.75, 3.05) is 0 Å². The zero-order valence-electron chi connectivity index (χ0n) is 11.4. The Kier molecular flexibility index (Phi) is 5.77. The van der Waals surface area contributed by atoms with E-state index in [1.165, 1.54) is 0 Å². The predicted molar refractivity (Wildman–Crippen MR) is 69.8 cm³/mol. The normalized spacial score (nSPS) is 12.7. The van der Waals surface area contributed by atoms with Gasteiger partial charge in [-0.15, -0.1) is 5.10 Å². The Balaban J connectivity index is 2.42. The molecule has 1 aromatic heterocycles.